The van der Waals surface area contributed by atoms with Crippen LogP contribution in [-0.2, 0) is 4.79 Å². The number of nitrogens with one attached hydrogen (secondary N) is 2. The molecule has 0 radical (unpaired) electrons. The Balaban J connectivity index is 3.28. The first-order chi connectivity index (χ1) is 7.45. The summed E-state index contributed by atoms with van der Waals surface area (Å²) in [6.07, 6.45) is -4.06. The zero-order valence-corrected chi connectivity index (χ0v) is 9.49. The van der Waals surface area contributed by atoms with Crippen molar-refractivity contribution in [1.82, 2.24) is 10.6 Å². The monoisotopic (exact) mass is 240 g/mol. The number of amides is 1. The van der Waals surface area contributed by atoms with Crippen molar-refractivity contribution in [2.24, 2.45) is 0 Å². The Morgan fingerprint density at radius 3 is 2.44 bits per heavy atom. The lowest BCUT2D eigenvalue weighted by Crippen LogP contribution is -2.28. The highest BCUT2D eigenvalue weighted by molar-refractivity contribution is 5.75. The third kappa shape index (κ3) is 11.3. The van der Waals surface area contributed by atoms with E-state index in [-0.39, 0.29) is 12.3 Å². The van der Waals surface area contributed by atoms with Gasteiger partial charge in [-0.25, -0.2) is 0 Å². The highest BCUT2D eigenvalue weighted by Gasteiger charge is 2.25. The lowest BCUT2D eigenvalue weighted by atomic mass is 10.2. The van der Waals surface area contributed by atoms with Gasteiger partial charge in [0.1, 0.15) is 0 Å². The average Bonchev–Trinajstić information content (AvgIpc) is 2.16. The van der Waals surface area contributed by atoms with E-state index in [4.69, 9.17) is 0 Å². The van der Waals surface area contributed by atoms with Gasteiger partial charge in [-0.05, 0) is 19.4 Å². The first-order valence-electron chi connectivity index (χ1n) is 5.50. The van der Waals surface area contributed by atoms with Crippen molar-refractivity contribution in [2.45, 2.75) is 38.8 Å². The molecule has 0 heterocycles. The Morgan fingerprint density at radius 1 is 1.19 bits per heavy atom. The number of unbranched alkanes of at least 4 members (excludes halogenated alkanes) is 1. The van der Waals surface area contributed by atoms with Gasteiger partial charge in [-0.1, -0.05) is 6.92 Å². The van der Waals surface area contributed by atoms with Gasteiger partial charge in [0, 0.05) is 25.9 Å². The lowest BCUT2D eigenvalue weighted by molar-refractivity contribution is -0.135. The standard InChI is InChI=1S/C10H19F3N2O/c1-2-14-8-5-9(16)15-7-4-3-6-10(11,12)13/h14H,2-8H2,1H3,(H,15,16). The van der Waals surface area contributed by atoms with Crippen LogP contribution in [0.1, 0.15) is 32.6 Å². The second-order valence-electron chi connectivity index (χ2n) is 3.53. The minimum absolute atomic E-state index is 0.0665. The number of hydrogen-bond acceptors (Lipinski definition) is 2. The fourth-order valence-corrected chi connectivity index (χ4v) is 1.15. The lowest BCUT2D eigenvalue weighted by Gasteiger charge is -2.07. The van der Waals surface area contributed by atoms with Crippen LogP contribution in [0.5, 0.6) is 0 Å². The van der Waals surface area contributed by atoms with E-state index in [0.717, 1.165) is 6.54 Å². The third-order valence-electron chi connectivity index (χ3n) is 1.99. The molecule has 0 fully saturated rings. The molecule has 1 amide bonds. The molecule has 0 aliphatic rings. The molecule has 0 aromatic rings. The van der Waals surface area contributed by atoms with E-state index in [9.17, 15) is 18.0 Å². The Labute approximate surface area is 93.8 Å². The Kier molecular flexibility index (Phi) is 7.97. The van der Waals surface area contributed by atoms with E-state index in [1.807, 2.05) is 6.92 Å². The quantitative estimate of drug-likeness (QED) is 0.635. The fraction of sp³-hybridized carbons (Fsp3) is 0.900. The van der Waals surface area contributed by atoms with Crippen molar-refractivity contribution in [3.8, 4) is 0 Å². The predicted octanol–water partition coefficient (Wildman–Crippen LogP) is 1.83. The van der Waals surface area contributed by atoms with Crippen LogP contribution in [0.15, 0.2) is 0 Å². The summed E-state index contributed by atoms with van der Waals surface area (Å²) in [7, 11) is 0. The molecule has 0 rings (SSSR count). The molecule has 0 aromatic heterocycles. The Bertz CT molecular complexity index is 195. The van der Waals surface area contributed by atoms with Crippen molar-refractivity contribution >= 4 is 5.91 Å². The Hall–Kier alpha value is -0.780. The summed E-state index contributed by atoms with van der Waals surface area (Å²) in [6.45, 7) is 3.67. The molecule has 6 heteroatoms. The largest absolute Gasteiger partial charge is 0.389 e. The van der Waals surface area contributed by atoms with Gasteiger partial charge in [0.05, 0.1) is 0 Å². The van der Waals surface area contributed by atoms with Crippen LogP contribution in [0.3, 0.4) is 0 Å². The highest BCUT2D eigenvalue weighted by atomic mass is 19.4. The first kappa shape index (κ1) is 15.2. The number of alkyl halides is 3. The van der Waals surface area contributed by atoms with Gasteiger partial charge >= 0.3 is 6.18 Å². The van der Waals surface area contributed by atoms with Crippen LogP contribution in [-0.4, -0.2) is 31.7 Å². The molecule has 16 heavy (non-hydrogen) atoms. The normalized spacial score (nSPS) is 11.5. The summed E-state index contributed by atoms with van der Waals surface area (Å²) in [4.78, 5) is 11.1. The number of carbonyl (C=O) groups excluding carboxylic acids is 1. The average molecular weight is 240 g/mol. The molecule has 0 saturated carbocycles. The van der Waals surface area contributed by atoms with E-state index in [2.05, 4.69) is 10.6 Å². The van der Waals surface area contributed by atoms with E-state index in [0.29, 0.717) is 25.9 Å². The summed E-state index contributed by atoms with van der Waals surface area (Å²) in [5.74, 6) is -0.118. The predicted molar refractivity (Wildman–Crippen MR) is 56.1 cm³/mol. The van der Waals surface area contributed by atoms with E-state index < -0.39 is 12.6 Å². The summed E-state index contributed by atoms with van der Waals surface area (Å²) in [6, 6.07) is 0. The van der Waals surface area contributed by atoms with Gasteiger partial charge in [-0.3, -0.25) is 4.79 Å². The first-order valence-corrected chi connectivity index (χ1v) is 5.50. The molecule has 0 bridgehead atoms. The van der Waals surface area contributed by atoms with Crippen LogP contribution >= 0.6 is 0 Å². The van der Waals surface area contributed by atoms with E-state index >= 15 is 0 Å². The molecular formula is C10H19F3N2O. The van der Waals surface area contributed by atoms with Crippen LogP contribution in [0.4, 0.5) is 13.2 Å². The Morgan fingerprint density at radius 2 is 1.88 bits per heavy atom. The van der Waals surface area contributed by atoms with Crippen molar-refractivity contribution in [3.05, 3.63) is 0 Å². The highest BCUT2D eigenvalue weighted by Crippen LogP contribution is 2.21. The van der Waals surface area contributed by atoms with Gasteiger partial charge in [0.25, 0.3) is 0 Å². The van der Waals surface area contributed by atoms with Gasteiger partial charge < -0.3 is 10.6 Å². The van der Waals surface area contributed by atoms with Gasteiger partial charge in [0.15, 0.2) is 0 Å². The second kappa shape index (κ2) is 8.38. The van der Waals surface area contributed by atoms with Gasteiger partial charge in [-0.15, -0.1) is 0 Å². The van der Waals surface area contributed by atoms with Gasteiger partial charge in [0.2, 0.25) is 5.91 Å². The molecule has 0 aliphatic carbocycles. The maximum atomic E-state index is 11.8. The van der Waals surface area contributed by atoms with Crippen molar-refractivity contribution in [3.63, 3.8) is 0 Å². The zero-order chi connectivity index (χ0) is 12.4. The minimum atomic E-state index is -4.09. The summed E-state index contributed by atoms with van der Waals surface area (Å²) < 4.78 is 35.3. The number of halogens is 3. The maximum Gasteiger partial charge on any atom is 0.389 e. The van der Waals surface area contributed by atoms with Crippen LogP contribution < -0.4 is 10.6 Å². The molecule has 96 valence electrons. The molecule has 0 unspecified atom stereocenters. The maximum absolute atomic E-state index is 11.8. The molecule has 3 nitrogen and oxygen atoms in total. The smallest absolute Gasteiger partial charge is 0.356 e. The molecule has 0 saturated heterocycles. The third-order valence-corrected chi connectivity index (χ3v) is 1.99. The summed E-state index contributed by atoms with van der Waals surface area (Å²) >= 11 is 0. The van der Waals surface area contributed by atoms with Crippen molar-refractivity contribution in [1.29, 1.82) is 0 Å². The van der Waals surface area contributed by atoms with Crippen molar-refractivity contribution < 1.29 is 18.0 Å². The zero-order valence-electron chi connectivity index (χ0n) is 9.49. The van der Waals surface area contributed by atoms with E-state index in [1.54, 1.807) is 0 Å². The minimum Gasteiger partial charge on any atom is -0.356 e. The van der Waals surface area contributed by atoms with Crippen LogP contribution in [0, 0.1) is 0 Å². The number of rotatable bonds is 8. The molecule has 0 atom stereocenters. The summed E-state index contributed by atoms with van der Waals surface area (Å²) in [5, 5.41) is 5.57. The van der Waals surface area contributed by atoms with Crippen LogP contribution in [0.2, 0.25) is 0 Å². The SMILES string of the molecule is CCNCCC(=O)NCCCCC(F)(F)F. The van der Waals surface area contributed by atoms with Crippen molar-refractivity contribution in [2.75, 3.05) is 19.6 Å². The van der Waals surface area contributed by atoms with Crippen LogP contribution in [0.25, 0.3) is 0 Å². The molecule has 0 spiro atoms. The molecule has 0 aromatic carbocycles. The molecular weight excluding hydrogens is 221 g/mol. The number of carbonyl (C=O) groups is 1. The fourth-order valence-electron chi connectivity index (χ4n) is 1.15. The van der Waals surface area contributed by atoms with Gasteiger partial charge in [-0.2, -0.15) is 13.2 Å². The van der Waals surface area contributed by atoms with E-state index in [1.165, 1.54) is 0 Å². The second-order valence-corrected chi connectivity index (χ2v) is 3.53. The topological polar surface area (TPSA) is 41.1 Å². The number of hydrogen-bond donors (Lipinski definition) is 2. The molecule has 2 N–H and O–H groups in total. The molecule has 0 aliphatic heterocycles. The summed E-state index contributed by atoms with van der Waals surface area (Å²) in [5.41, 5.74) is 0.